The molecule has 2 rings (SSSR count). The maximum atomic E-state index is 6.20. The van der Waals surface area contributed by atoms with Crippen LogP contribution in [0.5, 0.6) is 0 Å². The van der Waals surface area contributed by atoms with Gasteiger partial charge in [0, 0.05) is 6.54 Å². The molecule has 0 radical (unpaired) electrons. The summed E-state index contributed by atoms with van der Waals surface area (Å²) in [7, 11) is -0.0703. The van der Waals surface area contributed by atoms with Crippen molar-refractivity contribution < 1.29 is 9.31 Å². The van der Waals surface area contributed by atoms with Crippen LogP contribution in [-0.2, 0) is 15.9 Å². The lowest BCUT2D eigenvalue weighted by molar-refractivity contribution is 0.00578. The molecule has 0 spiro atoms. The molecule has 0 saturated carbocycles. The third-order valence-electron chi connectivity index (χ3n) is 5.28. The van der Waals surface area contributed by atoms with Crippen molar-refractivity contribution >= 4 is 7.12 Å². The van der Waals surface area contributed by atoms with Gasteiger partial charge in [0.15, 0.2) is 0 Å². The summed E-state index contributed by atoms with van der Waals surface area (Å²) in [5, 5.41) is 3.52. The van der Waals surface area contributed by atoms with E-state index in [9.17, 15) is 0 Å². The number of hydrogen-bond acceptors (Lipinski definition) is 3. The van der Waals surface area contributed by atoms with E-state index < -0.39 is 0 Å². The molecule has 1 heterocycles. The molecule has 0 bridgehead atoms. The van der Waals surface area contributed by atoms with Gasteiger partial charge in [0.1, 0.15) is 0 Å². The summed E-state index contributed by atoms with van der Waals surface area (Å²) in [6.07, 6.45) is 3.38. The molecule has 1 aromatic carbocycles. The van der Waals surface area contributed by atoms with Crippen molar-refractivity contribution in [3.8, 4) is 0 Å². The minimum Gasteiger partial charge on any atom is -0.403 e. The van der Waals surface area contributed by atoms with Crippen molar-refractivity contribution in [1.82, 2.24) is 5.32 Å². The Labute approximate surface area is 142 Å². The molecule has 0 amide bonds. The van der Waals surface area contributed by atoms with Gasteiger partial charge in [-0.15, -0.1) is 0 Å². The monoisotopic (exact) mass is 317 g/mol. The molecule has 1 aliphatic rings. The average Bonchev–Trinajstić information content (AvgIpc) is 2.72. The van der Waals surface area contributed by atoms with Crippen molar-refractivity contribution in [2.75, 3.05) is 6.54 Å². The lowest BCUT2D eigenvalue weighted by Gasteiger charge is -2.32. The molecule has 0 aromatic heterocycles. The van der Waals surface area contributed by atoms with Gasteiger partial charge in [-0.2, -0.15) is 0 Å². The molecule has 1 saturated heterocycles. The Morgan fingerprint density at radius 3 is 2.22 bits per heavy atom. The lowest BCUT2D eigenvalue weighted by Crippen LogP contribution is -2.41. The molecular formula is C19H32BNO2. The summed E-state index contributed by atoms with van der Waals surface area (Å²) in [6, 6.07) is 10.5. The van der Waals surface area contributed by atoms with Gasteiger partial charge in [0.2, 0.25) is 0 Å². The Morgan fingerprint density at radius 1 is 1.04 bits per heavy atom. The van der Waals surface area contributed by atoms with Crippen LogP contribution in [0, 0.1) is 0 Å². The average molecular weight is 317 g/mol. The summed E-state index contributed by atoms with van der Waals surface area (Å²) >= 11 is 0. The quantitative estimate of drug-likeness (QED) is 0.568. The van der Waals surface area contributed by atoms with Crippen molar-refractivity contribution in [1.29, 1.82) is 0 Å². The Balaban J connectivity index is 1.71. The van der Waals surface area contributed by atoms with Crippen LogP contribution in [0.1, 0.15) is 59.4 Å². The first-order chi connectivity index (χ1) is 10.9. The van der Waals surface area contributed by atoms with E-state index in [4.69, 9.17) is 9.31 Å². The van der Waals surface area contributed by atoms with Gasteiger partial charge in [-0.1, -0.05) is 50.1 Å². The SMILES string of the molecule is CCC(CCCNCc1ccccc1)B1OC(C)(C)C(C)(C)O1. The summed E-state index contributed by atoms with van der Waals surface area (Å²) in [5.41, 5.74) is 0.887. The first-order valence-corrected chi connectivity index (χ1v) is 8.96. The van der Waals surface area contributed by atoms with Crippen LogP contribution >= 0.6 is 0 Å². The first-order valence-electron chi connectivity index (χ1n) is 8.96. The predicted octanol–water partition coefficient (Wildman–Crippen LogP) is 4.43. The molecule has 4 heteroatoms. The van der Waals surface area contributed by atoms with E-state index in [2.05, 4.69) is 70.3 Å². The highest BCUT2D eigenvalue weighted by Crippen LogP contribution is 2.41. The zero-order valence-corrected chi connectivity index (χ0v) is 15.4. The molecule has 1 aromatic rings. The summed E-state index contributed by atoms with van der Waals surface area (Å²) in [4.78, 5) is 0. The van der Waals surface area contributed by atoms with E-state index in [0.717, 1.165) is 32.4 Å². The Kier molecular flexibility index (Phi) is 6.29. The Hall–Kier alpha value is -0.835. The van der Waals surface area contributed by atoms with Gasteiger partial charge >= 0.3 is 7.12 Å². The van der Waals surface area contributed by atoms with E-state index in [1.54, 1.807) is 0 Å². The lowest BCUT2D eigenvalue weighted by atomic mass is 9.68. The fourth-order valence-electron chi connectivity index (χ4n) is 2.93. The standard InChI is InChI=1S/C19H32BNO2/c1-6-17(20-22-18(2,3)19(4,5)23-20)13-10-14-21-15-16-11-8-7-9-12-16/h7-9,11-12,17,21H,6,10,13-15H2,1-5H3. The molecule has 1 N–H and O–H groups in total. The number of hydrogen-bond donors (Lipinski definition) is 1. The normalized spacial score (nSPS) is 20.7. The van der Waals surface area contributed by atoms with Crippen molar-refractivity contribution in [2.24, 2.45) is 0 Å². The van der Waals surface area contributed by atoms with Gasteiger partial charge < -0.3 is 14.6 Å². The molecule has 1 fully saturated rings. The van der Waals surface area contributed by atoms with E-state index in [1.165, 1.54) is 5.56 Å². The second-order valence-electron chi connectivity index (χ2n) is 7.60. The third kappa shape index (κ3) is 4.82. The third-order valence-corrected chi connectivity index (χ3v) is 5.28. The Morgan fingerprint density at radius 2 is 1.65 bits per heavy atom. The topological polar surface area (TPSA) is 30.5 Å². The molecule has 3 nitrogen and oxygen atoms in total. The highest BCUT2D eigenvalue weighted by molar-refractivity contribution is 6.47. The summed E-state index contributed by atoms with van der Waals surface area (Å²) in [6.45, 7) is 12.7. The van der Waals surface area contributed by atoms with Gasteiger partial charge in [0.05, 0.1) is 11.2 Å². The van der Waals surface area contributed by atoms with Crippen LogP contribution in [0.3, 0.4) is 0 Å². The van der Waals surface area contributed by atoms with Crippen molar-refractivity contribution in [3.05, 3.63) is 35.9 Å². The first kappa shape index (κ1) is 18.5. The molecule has 23 heavy (non-hydrogen) atoms. The molecule has 0 aliphatic carbocycles. The van der Waals surface area contributed by atoms with Crippen LogP contribution in [0.4, 0.5) is 0 Å². The van der Waals surface area contributed by atoms with Crippen LogP contribution in [0.2, 0.25) is 5.82 Å². The molecule has 1 aliphatic heterocycles. The van der Waals surface area contributed by atoms with Crippen LogP contribution in [0.15, 0.2) is 30.3 Å². The van der Waals surface area contributed by atoms with E-state index in [0.29, 0.717) is 5.82 Å². The highest BCUT2D eigenvalue weighted by atomic mass is 16.7. The fourth-order valence-corrected chi connectivity index (χ4v) is 2.93. The maximum absolute atomic E-state index is 6.20. The summed E-state index contributed by atoms with van der Waals surface area (Å²) in [5.74, 6) is 0.467. The summed E-state index contributed by atoms with van der Waals surface area (Å²) < 4.78 is 12.4. The number of benzene rings is 1. The highest BCUT2D eigenvalue weighted by Gasteiger charge is 2.52. The number of rotatable bonds is 8. The van der Waals surface area contributed by atoms with E-state index in [1.807, 2.05) is 0 Å². The van der Waals surface area contributed by atoms with Crippen molar-refractivity contribution in [3.63, 3.8) is 0 Å². The van der Waals surface area contributed by atoms with Gasteiger partial charge in [-0.25, -0.2) is 0 Å². The molecular weight excluding hydrogens is 285 g/mol. The van der Waals surface area contributed by atoms with Gasteiger partial charge in [-0.3, -0.25) is 0 Å². The Bertz CT molecular complexity index is 460. The van der Waals surface area contributed by atoms with Crippen LogP contribution in [0.25, 0.3) is 0 Å². The van der Waals surface area contributed by atoms with Crippen molar-refractivity contribution in [2.45, 2.75) is 77.4 Å². The molecule has 1 unspecified atom stereocenters. The second kappa shape index (κ2) is 7.82. The van der Waals surface area contributed by atoms with Gasteiger partial charge in [-0.05, 0) is 52.0 Å². The van der Waals surface area contributed by atoms with Crippen LogP contribution in [-0.4, -0.2) is 24.9 Å². The van der Waals surface area contributed by atoms with Gasteiger partial charge in [0.25, 0.3) is 0 Å². The minimum atomic E-state index is -0.226. The second-order valence-corrected chi connectivity index (χ2v) is 7.60. The predicted molar refractivity (Wildman–Crippen MR) is 97.5 cm³/mol. The van der Waals surface area contributed by atoms with E-state index in [-0.39, 0.29) is 18.3 Å². The molecule has 1 atom stereocenters. The van der Waals surface area contributed by atoms with E-state index >= 15 is 0 Å². The number of nitrogens with one attached hydrogen (secondary N) is 1. The zero-order chi connectivity index (χ0) is 16.9. The zero-order valence-electron chi connectivity index (χ0n) is 15.4. The smallest absolute Gasteiger partial charge is 0.403 e. The fraction of sp³-hybridized carbons (Fsp3) is 0.684. The van der Waals surface area contributed by atoms with Crippen LogP contribution < -0.4 is 5.32 Å². The maximum Gasteiger partial charge on any atom is 0.461 e. The largest absolute Gasteiger partial charge is 0.461 e. The minimum absolute atomic E-state index is 0.0703. The molecule has 128 valence electrons.